The summed E-state index contributed by atoms with van der Waals surface area (Å²) < 4.78 is 10.9. The minimum Gasteiger partial charge on any atom is -0.497 e. The van der Waals surface area contributed by atoms with Gasteiger partial charge in [-0.25, -0.2) is 0 Å². The monoisotopic (exact) mass is 277 g/mol. The van der Waals surface area contributed by atoms with Gasteiger partial charge in [0.1, 0.15) is 5.75 Å². The lowest BCUT2D eigenvalue weighted by molar-refractivity contribution is 0.0393. The first kappa shape index (κ1) is 15.3. The molecule has 1 aromatic carbocycles. The molecule has 1 heterocycles. The van der Waals surface area contributed by atoms with Gasteiger partial charge < -0.3 is 14.8 Å². The Hall–Kier alpha value is -1.06. The molecule has 0 aliphatic carbocycles. The molecule has 1 fully saturated rings. The highest BCUT2D eigenvalue weighted by atomic mass is 16.5. The Labute approximate surface area is 122 Å². The third-order valence-corrected chi connectivity index (χ3v) is 4.04. The van der Waals surface area contributed by atoms with Gasteiger partial charge >= 0.3 is 0 Å². The zero-order chi connectivity index (χ0) is 14.2. The van der Waals surface area contributed by atoms with Gasteiger partial charge in [0.15, 0.2) is 0 Å². The molecule has 1 saturated heterocycles. The highest BCUT2D eigenvalue weighted by Crippen LogP contribution is 2.21. The first-order valence-corrected chi connectivity index (χ1v) is 7.77. The molecule has 0 radical (unpaired) electrons. The van der Waals surface area contributed by atoms with Crippen LogP contribution in [0.3, 0.4) is 0 Å². The van der Waals surface area contributed by atoms with Gasteiger partial charge in [0.25, 0.3) is 0 Å². The Kier molecular flexibility index (Phi) is 6.34. The van der Waals surface area contributed by atoms with Crippen LogP contribution in [0, 0.1) is 5.92 Å². The molecule has 3 heteroatoms. The second kappa shape index (κ2) is 8.28. The fourth-order valence-corrected chi connectivity index (χ4v) is 2.83. The summed E-state index contributed by atoms with van der Waals surface area (Å²) in [5.41, 5.74) is 1.37. The van der Waals surface area contributed by atoms with Crippen molar-refractivity contribution in [3.8, 4) is 5.75 Å². The molecule has 0 spiro atoms. The molecule has 2 unspecified atom stereocenters. The average Bonchev–Trinajstić information content (AvgIpc) is 2.53. The second-order valence-corrected chi connectivity index (χ2v) is 5.59. The standard InChI is InChI=1S/C17H27NO2/c1-3-10-18-17(15-5-4-11-20-13-15)12-14-6-8-16(19-2)9-7-14/h6-9,15,17-18H,3-5,10-13H2,1-2H3. The summed E-state index contributed by atoms with van der Waals surface area (Å²) in [5, 5.41) is 3.70. The highest BCUT2D eigenvalue weighted by Gasteiger charge is 2.23. The zero-order valence-electron chi connectivity index (χ0n) is 12.7. The van der Waals surface area contributed by atoms with E-state index in [9.17, 15) is 0 Å². The van der Waals surface area contributed by atoms with Crippen LogP contribution in [0.2, 0.25) is 0 Å². The van der Waals surface area contributed by atoms with Crippen molar-refractivity contribution in [2.75, 3.05) is 26.9 Å². The predicted octanol–water partition coefficient (Wildman–Crippen LogP) is 3.03. The molecular formula is C17H27NO2. The Morgan fingerprint density at radius 2 is 2.15 bits per heavy atom. The molecule has 1 aliphatic rings. The third-order valence-electron chi connectivity index (χ3n) is 4.04. The predicted molar refractivity (Wildman–Crippen MR) is 82.3 cm³/mol. The minimum atomic E-state index is 0.517. The van der Waals surface area contributed by atoms with E-state index < -0.39 is 0 Å². The average molecular weight is 277 g/mol. The maximum absolute atomic E-state index is 5.66. The molecule has 1 aromatic rings. The van der Waals surface area contributed by atoms with Crippen molar-refractivity contribution < 1.29 is 9.47 Å². The van der Waals surface area contributed by atoms with Crippen LogP contribution in [-0.4, -0.2) is 32.9 Å². The molecule has 0 bridgehead atoms. The van der Waals surface area contributed by atoms with Crippen LogP contribution in [0.4, 0.5) is 0 Å². The molecule has 2 rings (SSSR count). The molecule has 20 heavy (non-hydrogen) atoms. The van der Waals surface area contributed by atoms with Gasteiger partial charge in [-0.15, -0.1) is 0 Å². The molecule has 2 atom stereocenters. The fourth-order valence-electron chi connectivity index (χ4n) is 2.83. The zero-order valence-corrected chi connectivity index (χ0v) is 12.7. The van der Waals surface area contributed by atoms with Crippen LogP contribution in [0.15, 0.2) is 24.3 Å². The summed E-state index contributed by atoms with van der Waals surface area (Å²) in [6.07, 6.45) is 4.71. The normalized spacial score (nSPS) is 20.6. The topological polar surface area (TPSA) is 30.5 Å². The van der Waals surface area contributed by atoms with E-state index in [2.05, 4.69) is 24.4 Å². The van der Waals surface area contributed by atoms with E-state index in [1.807, 2.05) is 12.1 Å². The Balaban J connectivity index is 1.97. The molecule has 112 valence electrons. The van der Waals surface area contributed by atoms with Crippen LogP contribution in [0.1, 0.15) is 31.7 Å². The highest BCUT2D eigenvalue weighted by molar-refractivity contribution is 5.27. The van der Waals surface area contributed by atoms with Gasteiger partial charge in [0.05, 0.1) is 13.7 Å². The summed E-state index contributed by atoms with van der Waals surface area (Å²) in [5.74, 6) is 1.56. The van der Waals surface area contributed by atoms with Gasteiger partial charge in [-0.2, -0.15) is 0 Å². The molecule has 1 N–H and O–H groups in total. The third kappa shape index (κ3) is 4.50. The summed E-state index contributed by atoms with van der Waals surface area (Å²) >= 11 is 0. The lowest BCUT2D eigenvalue weighted by atomic mass is 9.89. The number of methoxy groups -OCH3 is 1. The van der Waals surface area contributed by atoms with Crippen molar-refractivity contribution in [1.82, 2.24) is 5.32 Å². The van der Waals surface area contributed by atoms with Gasteiger partial charge in [0.2, 0.25) is 0 Å². The number of rotatable bonds is 7. The van der Waals surface area contributed by atoms with Crippen LogP contribution in [0.5, 0.6) is 5.75 Å². The van der Waals surface area contributed by atoms with Crippen LogP contribution in [0.25, 0.3) is 0 Å². The van der Waals surface area contributed by atoms with Crippen molar-refractivity contribution in [2.45, 2.75) is 38.6 Å². The number of ether oxygens (including phenoxy) is 2. The molecular weight excluding hydrogens is 250 g/mol. The maximum atomic E-state index is 5.66. The summed E-state index contributed by atoms with van der Waals surface area (Å²) in [4.78, 5) is 0. The fraction of sp³-hybridized carbons (Fsp3) is 0.647. The van der Waals surface area contributed by atoms with Crippen molar-refractivity contribution in [3.05, 3.63) is 29.8 Å². The van der Waals surface area contributed by atoms with Gasteiger partial charge in [-0.1, -0.05) is 19.1 Å². The van der Waals surface area contributed by atoms with E-state index in [1.165, 1.54) is 24.8 Å². The first-order chi connectivity index (χ1) is 9.83. The van der Waals surface area contributed by atoms with E-state index in [-0.39, 0.29) is 0 Å². The van der Waals surface area contributed by atoms with E-state index in [1.54, 1.807) is 7.11 Å². The van der Waals surface area contributed by atoms with Gasteiger partial charge in [0, 0.05) is 12.6 Å². The van der Waals surface area contributed by atoms with E-state index in [4.69, 9.17) is 9.47 Å². The number of nitrogens with one attached hydrogen (secondary N) is 1. The SMILES string of the molecule is CCCNC(Cc1ccc(OC)cc1)C1CCCOC1. The van der Waals surface area contributed by atoms with Crippen LogP contribution < -0.4 is 10.1 Å². The maximum Gasteiger partial charge on any atom is 0.118 e. The number of benzene rings is 1. The Morgan fingerprint density at radius 1 is 1.35 bits per heavy atom. The lowest BCUT2D eigenvalue weighted by Gasteiger charge is -2.31. The summed E-state index contributed by atoms with van der Waals surface area (Å²) in [6, 6.07) is 8.95. The number of hydrogen-bond donors (Lipinski definition) is 1. The van der Waals surface area contributed by atoms with Crippen LogP contribution >= 0.6 is 0 Å². The summed E-state index contributed by atoms with van der Waals surface area (Å²) in [7, 11) is 1.71. The smallest absolute Gasteiger partial charge is 0.118 e. The molecule has 1 aliphatic heterocycles. The van der Waals surface area contributed by atoms with Gasteiger partial charge in [-0.05, 0) is 55.8 Å². The Morgan fingerprint density at radius 3 is 2.75 bits per heavy atom. The Bertz CT molecular complexity index is 371. The molecule has 0 aromatic heterocycles. The molecule has 0 amide bonds. The second-order valence-electron chi connectivity index (χ2n) is 5.59. The van der Waals surface area contributed by atoms with E-state index in [0.717, 1.165) is 31.9 Å². The quantitative estimate of drug-likeness (QED) is 0.831. The lowest BCUT2D eigenvalue weighted by Crippen LogP contribution is -2.42. The first-order valence-electron chi connectivity index (χ1n) is 7.77. The van der Waals surface area contributed by atoms with Crippen molar-refractivity contribution in [1.29, 1.82) is 0 Å². The number of hydrogen-bond acceptors (Lipinski definition) is 3. The summed E-state index contributed by atoms with van der Waals surface area (Å²) in [6.45, 7) is 5.13. The van der Waals surface area contributed by atoms with Gasteiger partial charge in [-0.3, -0.25) is 0 Å². The largest absolute Gasteiger partial charge is 0.497 e. The molecule has 0 saturated carbocycles. The molecule has 3 nitrogen and oxygen atoms in total. The van der Waals surface area contributed by atoms with Crippen molar-refractivity contribution in [2.24, 2.45) is 5.92 Å². The van der Waals surface area contributed by atoms with Crippen molar-refractivity contribution in [3.63, 3.8) is 0 Å². The van der Waals surface area contributed by atoms with Crippen LogP contribution in [-0.2, 0) is 11.2 Å². The van der Waals surface area contributed by atoms with Crippen molar-refractivity contribution >= 4 is 0 Å². The van der Waals surface area contributed by atoms with E-state index in [0.29, 0.717) is 12.0 Å². The van der Waals surface area contributed by atoms with E-state index >= 15 is 0 Å². The minimum absolute atomic E-state index is 0.517.